The number of fused-ring (bicyclic) bond motifs is 6. The van der Waals surface area contributed by atoms with Crippen molar-refractivity contribution in [3.05, 3.63) is 194 Å². The average molecular weight is 717 g/mol. The average Bonchev–Trinajstić information content (AvgIpc) is 3.82. The Kier molecular flexibility index (Phi) is 7.42. The Morgan fingerprint density at radius 3 is 1.45 bits per heavy atom. The molecular weight excluding hydrogens is 685 g/mol. The molecule has 0 spiro atoms. The molecule has 0 aliphatic heterocycles. The number of hydrogen-bond donors (Lipinski definition) is 0. The van der Waals surface area contributed by atoms with Gasteiger partial charge in [0, 0.05) is 43.9 Å². The highest BCUT2D eigenvalue weighted by molar-refractivity contribution is 6.09. The molecule has 3 heterocycles. The Hall–Kier alpha value is -7.63. The summed E-state index contributed by atoms with van der Waals surface area (Å²) in [7, 11) is 0. The summed E-state index contributed by atoms with van der Waals surface area (Å²) >= 11 is 0. The maximum atomic E-state index is 6.32. The number of aromatic nitrogens is 4. The SMILES string of the molecule is c1ccc(-c2ccc(-c3nc(-c4cc(-c5ccccc5)cc(-n5c6ccccc6c6ccccc65)c4)nc(-c4ccc5c(c4)oc4ccccc45)n3)cc2)cc1. The summed E-state index contributed by atoms with van der Waals surface area (Å²) in [5.74, 6) is 1.75. The predicted molar refractivity (Wildman–Crippen MR) is 229 cm³/mol. The zero-order valence-electron chi connectivity index (χ0n) is 30.2. The quantitative estimate of drug-likeness (QED) is 0.172. The molecule has 0 amide bonds. The van der Waals surface area contributed by atoms with Crippen LogP contribution >= 0.6 is 0 Å². The number of para-hydroxylation sites is 3. The van der Waals surface area contributed by atoms with Gasteiger partial charge in [0.05, 0.1) is 11.0 Å². The van der Waals surface area contributed by atoms with Crippen molar-refractivity contribution in [2.75, 3.05) is 0 Å². The van der Waals surface area contributed by atoms with Gasteiger partial charge < -0.3 is 8.98 Å². The van der Waals surface area contributed by atoms with E-state index in [9.17, 15) is 0 Å². The van der Waals surface area contributed by atoms with Gasteiger partial charge >= 0.3 is 0 Å². The van der Waals surface area contributed by atoms with Crippen LogP contribution in [0, 0.1) is 0 Å². The van der Waals surface area contributed by atoms with Gasteiger partial charge in [0.25, 0.3) is 0 Å². The van der Waals surface area contributed by atoms with Gasteiger partial charge in [-0.25, -0.2) is 15.0 Å². The molecule has 0 saturated carbocycles. The van der Waals surface area contributed by atoms with Crippen molar-refractivity contribution in [1.29, 1.82) is 0 Å². The molecule has 56 heavy (non-hydrogen) atoms. The molecular formula is C51H32N4O. The summed E-state index contributed by atoms with van der Waals surface area (Å²) in [6, 6.07) is 67.5. The van der Waals surface area contributed by atoms with Crippen molar-refractivity contribution in [2.24, 2.45) is 0 Å². The minimum absolute atomic E-state index is 0.572. The van der Waals surface area contributed by atoms with E-state index < -0.39 is 0 Å². The monoisotopic (exact) mass is 716 g/mol. The molecule has 0 aliphatic rings. The van der Waals surface area contributed by atoms with Crippen molar-refractivity contribution < 1.29 is 4.42 Å². The lowest BCUT2D eigenvalue weighted by molar-refractivity contribution is 0.669. The maximum absolute atomic E-state index is 6.32. The van der Waals surface area contributed by atoms with Gasteiger partial charge in [-0.05, 0) is 70.8 Å². The van der Waals surface area contributed by atoms with Crippen molar-refractivity contribution in [1.82, 2.24) is 19.5 Å². The van der Waals surface area contributed by atoms with Crippen LogP contribution in [0.25, 0.3) is 106 Å². The summed E-state index contributed by atoms with van der Waals surface area (Å²) in [6.07, 6.45) is 0. The Morgan fingerprint density at radius 2 is 0.768 bits per heavy atom. The van der Waals surface area contributed by atoms with Crippen LogP contribution in [-0.2, 0) is 0 Å². The Bertz CT molecular complexity index is 3180. The molecule has 0 aliphatic carbocycles. The largest absolute Gasteiger partial charge is 0.456 e. The summed E-state index contributed by atoms with van der Waals surface area (Å²) in [6.45, 7) is 0. The molecule has 11 rings (SSSR count). The van der Waals surface area contributed by atoms with E-state index in [-0.39, 0.29) is 0 Å². The van der Waals surface area contributed by atoms with Crippen LogP contribution < -0.4 is 0 Å². The summed E-state index contributed by atoms with van der Waals surface area (Å²) in [4.78, 5) is 15.6. The Morgan fingerprint density at radius 1 is 0.304 bits per heavy atom. The fraction of sp³-hybridized carbons (Fsp3) is 0. The smallest absolute Gasteiger partial charge is 0.164 e. The standard InChI is InChI=1S/C51H32N4O/c1-3-13-33(14-4-1)35-23-25-36(26-24-35)49-52-50(37-27-28-44-43-19-9-12-22-47(43)56-48(44)32-37)54-51(53-49)39-29-38(34-15-5-2-6-16-34)30-40(31-39)55-45-20-10-7-17-41(45)42-18-8-11-21-46(42)55/h1-32H. The van der Waals surface area contributed by atoms with Gasteiger partial charge in [0.15, 0.2) is 17.5 Å². The highest BCUT2D eigenvalue weighted by Gasteiger charge is 2.18. The second kappa shape index (κ2) is 13.0. The lowest BCUT2D eigenvalue weighted by Gasteiger charge is -2.14. The van der Waals surface area contributed by atoms with E-state index in [1.807, 2.05) is 36.4 Å². The predicted octanol–water partition coefficient (Wildman–Crippen LogP) is 13.2. The van der Waals surface area contributed by atoms with Gasteiger partial charge in [-0.1, -0.05) is 146 Å². The molecule has 3 aromatic heterocycles. The highest BCUT2D eigenvalue weighted by Crippen LogP contribution is 2.37. The van der Waals surface area contributed by atoms with Crippen LogP contribution in [0.2, 0.25) is 0 Å². The number of rotatable bonds is 6. The molecule has 0 radical (unpaired) electrons. The fourth-order valence-electron chi connectivity index (χ4n) is 7.94. The molecule has 0 fully saturated rings. The first-order valence-corrected chi connectivity index (χ1v) is 18.8. The first-order valence-electron chi connectivity index (χ1n) is 18.8. The minimum atomic E-state index is 0.572. The second-order valence-corrected chi connectivity index (χ2v) is 14.1. The maximum Gasteiger partial charge on any atom is 0.164 e. The van der Waals surface area contributed by atoms with Crippen LogP contribution in [0.1, 0.15) is 0 Å². The minimum Gasteiger partial charge on any atom is -0.456 e. The summed E-state index contributed by atoms with van der Waals surface area (Å²) in [5.41, 5.74) is 12.1. The highest BCUT2D eigenvalue weighted by atomic mass is 16.3. The van der Waals surface area contributed by atoms with Gasteiger partial charge in [-0.15, -0.1) is 0 Å². The van der Waals surface area contributed by atoms with Crippen LogP contribution in [0.15, 0.2) is 199 Å². The third-order valence-electron chi connectivity index (χ3n) is 10.6. The van der Waals surface area contributed by atoms with Crippen molar-refractivity contribution >= 4 is 43.7 Å². The van der Waals surface area contributed by atoms with E-state index in [0.717, 1.165) is 77.6 Å². The number of hydrogen-bond acceptors (Lipinski definition) is 4. The van der Waals surface area contributed by atoms with Crippen LogP contribution in [0.4, 0.5) is 0 Å². The molecule has 5 nitrogen and oxygen atoms in total. The lowest BCUT2D eigenvalue weighted by Crippen LogP contribution is -2.02. The molecule has 0 atom stereocenters. The molecule has 0 unspecified atom stereocenters. The Balaban J connectivity index is 1.14. The lowest BCUT2D eigenvalue weighted by atomic mass is 10.0. The third-order valence-corrected chi connectivity index (χ3v) is 10.6. The zero-order chi connectivity index (χ0) is 37.0. The normalized spacial score (nSPS) is 11.6. The van der Waals surface area contributed by atoms with E-state index in [0.29, 0.717) is 17.5 Å². The fourth-order valence-corrected chi connectivity index (χ4v) is 7.94. The summed E-state index contributed by atoms with van der Waals surface area (Å²) < 4.78 is 8.67. The molecule has 0 bridgehead atoms. The van der Waals surface area contributed by atoms with Crippen LogP contribution in [0.5, 0.6) is 0 Å². The van der Waals surface area contributed by atoms with Gasteiger partial charge in [0.1, 0.15) is 11.2 Å². The van der Waals surface area contributed by atoms with Gasteiger partial charge in [0.2, 0.25) is 0 Å². The number of benzene rings is 8. The summed E-state index contributed by atoms with van der Waals surface area (Å²) in [5, 5.41) is 4.56. The van der Waals surface area contributed by atoms with E-state index in [1.54, 1.807) is 0 Å². The molecule has 8 aromatic carbocycles. The first kappa shape index (κ1) is 31.9. The molecule has 262 valence electrons. The van der Waals surface area contributed by atoms with E-state index in [1.165, 1.54) is 10.8 Å². The van der Waals surface area contributed by atoms with E-state index in [4.69, 9.17) is 19.4 Å². The van der Waals surface area contributed by atoms with Gasteiger partial charge in [-0.2, -0.15) is 0 Å². The zero-order valence-corrected chi connectivity index (χ0v) is 30.2. The van der Waals surface area contributed by atoms with Crippen molar-refractivity contribution in [2.45, 2.75) is 0 Å². The van der Waals surface area contributed by atoms with Crippen molar-refractivity contribution in [3.8, 4) is 62.1 Å². The van der Waals surface area contributed by atoms with E-state index >= 15 is 0 Å². The topological polar surface area (TPSA) is 56.7 Å². The molecule has 11 aromatic rings. The van der Waals surface area contributed by atoms with Gasteiger partial charge in [-0.3, -0.25) is 0 Å². The number of nitrogens with zero attached hydrogens (tertiary/aromatic N) is 4. The molecule has 0 saturated heterocycles. The number of furan rings is 1. The molecule has 0 N–H and O–H groups in total. The second-order valence-electron chi connectivity index (χ2n) is 14.1. The molecule has 5 heteroatoms. The van der Waals surface area contributed by atoms with Crippen molar-refractivity contribution in [3.63, 3.8) is 0 Å². The third kappa shape index (κ3) is 5.45. The Labute approximate surface area is 322 Å². The van der Waals surface area contributed by atoms with E-state index in [2.05, 4.69) is 162 Å². The van der Waals surface area contributed by atoms with Crippen LogP contribution in [0.3, 0.4) is 0 Å². The van der Waals surface area contributed by atoms with Crippen LogP contribution in [-0.4, -0.2) is 19.5 Å². The first-order chi connectivity index (χ1) is 27.7.